The number of ether oxygens (including phenoxy) is 1. The molecule has 0 radical (unpaired) electrons. The highest BCUT2D eigenvalue weighted by Crippen LogP contribution is 2.29. The van der Waals surface area contributed by atoms with Gasteiger partial charge in [0.1, 0.15) is 5.60 Å². The van der Waals surface area contributed by atoms with E-state index >= 15 is 0 Å². The van der Waals surface area contributed by atoms with Crippen LogP contribution in [-0.2, 0) is 10.3 Å². The Hall–Kier alpha value is -0.280. The molecule has 2 rings (SSSR count). The highest BCUT2D eigenvalue weighted by Gasteiger charge is 2.38. The first-order valence-corrected chi connectivity index (χ1v) is 4.46. The number of rotatable bonds is 2. The third kappa shape index (κ3) is 1.89. The molecule has 2 nitrogen and oxygen atoms in total. The third-order valence-corrected chi connectivity index (χ3v) is 2.64. The molecule has 0 spiro atoms. The number of halogens is 2. The van der Waals surface area contributed by atoms with Gasteiger partial charge in [0, 0.05) is 25.2 Å². The van der Waals surface area contributed by atoms with E-state index in [0.29, 0.717) is 18.1 Å². The van der Waals surface area contributed by atoms with Crippen LogP contribution in [0.3, 0.4) is 0 Å². The Bertz CT molecular complexity index is 376. The van der Waals surface area contributed by atoms with Crippen LogP contribution < -0.4 is 5.32 Å². The minimum absolute atomic E-state index is 0. The van der Waals surface area contributed by atoms with Crippen LogP contribution in [0.4, 0.5) is 0 Å². The van der Waals surface area contributed by atoms with Gasteiger partial charge in [0.05, 0.1) is 4.11 Å². The van der Waals surface area contributed by atoms with Crippen molar-refractivity contribution in [1.29, 1.82) is 0 Å². The van der Waals surface area contributed by atoms with E-state index in [1.165, 1.54) is 0 Å². The molecule has 1 saturated heterocycles. The van der Waals surface area contributed by atoms with Gasteiger partial charge in [-0.2, -0.15) is 0 Å². The molecule has 78 valence electrons. The summed E-state index contributed by atoms with van der Waals surface area (Å²) in [6.07, 6.45) is 0. The van der Waals surface area contributed by atoms with E-state index in [4.69, 9.17) is 20.5 Å². The Balaban J connectivity index is 0.00000144. The van der Waals surface area contributed by atoms with Crippen LogP contribution in [0, 0.1) is 0 Å². The van der Waals surface area contributed by atoms with Crippen molar-refractivity contribution in [3.63, 3.8) is 0 Å². The fourth-order valence-corrected chi connectivity index (χ4v) is 1.57. The van der Waals surface area contributed by atoms with Crippen molar-refractivity contribution in [2.45, 2.75) is 5.60 Å². The lowest BCUT2D eigenvalue weighted by atomic mass is 9.88. The smallest absolute Gasteiger partial charge is 0.117 e. The second-order valence-electron chi connectivity index (χ2n) is 3.21. The lowest BCUT2D eigenvalue weighted by Crippen LogP contribution is -2.57. The van der Waals surface area contributed by atoms with Gasteiger partial charge in [0.15, 0.2) is 0 Å². The molecule has 4 heteroatoms. The van der Waals surface area contributed by atoms with Crippen molar-refractivity contribution in [3.05, 3.63) is 34.9 Å². The van der Waals surface area contributed by atoms with Crippen molar-refractivity contribution >= 4 is 24.0 Å². The van der Waals surface area contributed by atoms with Gasteiger partial charge in [-0.3, -0.25) is 0 Å². The van der Waals surface area contributed by atoms with Gasteiger partial charge in [0.2, 0.25) is 0 Å². The standard InChI is InChI=1S/C10H12ClNO.ClH/c1-13-10(6-12-7-10)8-2-4-9(11)5-3-8;/h2-5,12H,6-7H2,1H3;1H/i1D3;. The summed E-state index contributed by atoms with van der Waals surface area (Å²) in [6.45, 7) is 1.01. The zero-order valence-electron chi connectivity index (χ0n) is 10.4. The minimum atomic E-state index is -2.39. The minimum Gasteiger partial charge on any atom is -0.371 e. The average Bonchev–Trinajstić information content (AvgIpc) is 2.11. The molecular weight excluding hydrogens is 221 g/mol. The summed E-state index contributed by atoms with van der Waals surface area (Å²) in [4.78, 5) is 0. The number of hydrogen-bond donors (Lipinski definition) is 1. The first-order valence-electron chi connectivity index (χ1n) is 5.58. The van der Waals surface area contributed by atoms with Gasteiger partial charge < -0.3 is 10.1 Å². The Kier molecular flexibility index (Phi) is 2.55. The molecule has 14 heavy (non-hydrogen) atoms. The van der Waals surface area contributed by atoms with Crippen LogP contribution >= 0.6 is 24.0 Å². The predicted molar refractivity (Wildman–Crippen MR) is 60.3 cm³/mol. The largest absolute Gasteiger partial charge is 0.371 e. The molecule has 0 aliphatic carbocycles. The van der Waals surface area contributed by atoms with Crippen LogP contribution in [0.25, 0.3) is 0 Å². The molecule has 0 saturated carbocycles. The fourth-order valence-electron chi connectivity index (χ4n) is 1.44. The molecular formula is C10H13Cl2NO. The SMILES string of the molecule is Cl.[2H]C([2H])([2H])OC1(c2ccc(Cl)cc2)CNC1. The molecule has 1 aliphatic rings. The lowest BCUT2D eigenvalue weighted by Gasteiger charge is -2.41. The summed E-state index contributed by atoms with van der Waals surface area (Å²) in [7, 11) is -2.39. The molecule has 1 fully saturated rings. The molecule has 1 N–H and O–H groups in total. The van der Waals surface area contributed by atoms with E-state index in [2.05, 4.69) is 5.32 Å². The van der Waals surface area contributed by atoms with Gasteiger partial charge in [-0.1, -0.05) is 23.7 Å². The molecule has 1 aromatic rings. The van der Waals surface area contributed by atoms with Crippen molar-refractivity contribution in [3.8, 4) is 0 Å². The first-order chi connectivity index (χ1) is 7.41. The van der Waals surface area contributed by atoms with E-state index in [1.54, 1.807) is 24.3 Å². The van der Waals surface area contributed by atoms with Crippen LogP contribution in [0.2, 0.25) is 5.02 Å². The fraction of sp³-hybridized carbons (Fsp3) is 0.400. The third-order valence-electron chi connectivity index (χ3n) is 2.39. The summed E-state index contributed by atoms with van der Waals surface area (Å²) >= 11 is 5.79. The van der Waals surface area contributed by atoms with E-state index in [1.807, 2.05) is 0 Å². The van der Waals surface area contributed by atoms with Crippen LogP contribution in [-0.4, -0.2) is 20.1 Å². The topological polar surface area (TPSA) is 21.3 Å². The Labute approximate surface area is 99.2 Å². The molecule has 0 atom stereocenters. The summed E-state index contributed by atoms with van der Waals surface area (Å²) in [5, 5.41) is 3.65. The van der Waals surface area contributed by atoms with E-state index in [-0.39, 0.29) is 12.4 Å². The molecule has 0 bridgehead atoms. The Morgan fingerprint density at radius 1 is 1.43 bits per heavy atom. The zero-order valence-corrected chi connectivity index (χ0v) is 8.99. The number of hydrogen-bond acceptors (Lipinski definition) is 2. The number of methoxy groups -OCH3 is 1. The maximum atomic E-state index is 7.17. The van der Waals surface area contributed by atoms with Gasteiger partial charge >= 0.3 is 0 Å². The summed E-state index contributed by atoms with van der Waals surface area (Å²) in [6, 6.07) is 7.07. The predicted octanol–water partition coefficient (Wildman–Crippen LogP) is 2.21. The lowest BCUT2D eigenvalue weighted by molar-refractivity contribution is -0.0565. The van der Waals surface area contributed by atoms with Crippen molar-refractivity contribution in [2.24, 2.45) is 0 Å². The number of benzene rings is 1. The summed E-state index contributed by atoms with van der Waals surface area (Å²) < 4.78 is 26.7. The van der Waals surface area contributed by atoms with Crippen molar-refractivity contribution in [1.82, 2.24) is 5.32 Å². The van der Waals surface area contributed by atoms with E-state index < -0.39 is 12.6 Å². The summed E-state index contributed by atoms with van der Waals surface area (Å²) in [5.74, 6) is 0. The summed E-state index contributed by atoms with van der Waals surface area (Å²) in [5.41, 5.74) is 0.0994. The van der Waals surface area contributed by atoms with Crippen molar-refractivity contribution in [2.75, 3.05) is 20.1 Å². The monoisotopic (exact) mass is 236 g/mol. The molecule has 0 unspecified atom stereocenters. The average molecular weight is 237 g/mol. The molecule has 1 heterocycles. The zero-order chi connectivity index (χ0) is 11.8. The van der Waals surface area contributed by atoms with E-state index in [0.717, 1.165) is 5.56 Å². The Morgan fingerprint density at radius 2 is 2.07 bits per heavy atom. The molecule has 0 amide bonds. The molecule has 0 aromatic heterocycles. The highest BCUT2D eigenvalue weighted by molar-refractivity contribution is 6.30. The number of nitrogens with one attached hydrogen (secondary N) is 1. The van der Waals surface area contributed by atoms with Crippen LogP contribution in [0.15, 0.2) is 24.3 Å². The van der Waals surface area contributed by atoms with Gasteiger partial charge in [-0.25, -0.2) is 0 Å². The molecule has 1 aromatic carbocycles. The van der Waals surface area contributed by atoms with Gasteiger partial charge in [-0.05, 0) is 17.7 Å². The van der Waals surface area contributed by atoms with Gasteiger partial charge in [0.25, 0.3) is 0 Å². The Morgan fingerprint density at radius 3 is 2.50 bits per heavy atom. The highest BCUT2D eigenvalue weighted by atomic mass is 35.5. The van der Waals surface area contributed by atoms with Crippen LogP contribution in [0.1, 0.15) is 9.68 Å². The molecule has 1 aliphatic heterocycles. The van der Waals surface area contributed by atoms with Crippen LogP contribution in [0.5, 0.6) is 0 Å². The quantitative estimate of drug-likeness (QED) is 0.851. The second-order valence-corrected chi connectivity index (χ2v) is 3.64. The maximum Gasteiger partial charge on any atom is 0.117 e. The maximum absolute atomic E-state index is 7.17. The van der Waals surface area contributed by atoms with Crippen molar-refractivity contribution < 1.29 is 8.85 Å². The first kappa shape index (κ1) is 7.94. The normalized spacial score (nSPS) is 22.2. The second kappa shape index (κ2) is 4.49. The van der Waals surface area contributed by atoms with Gasteiger partial charge in [-0.15, -0.1) is 12.4 Å². The van der Waals surface area contributed by atoms with E-state index in [9.17, 15) is 0 Å².